The van der Waals surface area contributed by atoms with E-state index in [4.69, 9.17) is 5.73 Å². The molecule has 0 spiro atoms. The van der Waals surface area contributed by atoms with Crippen LogP contribution in [0.5, 0.6) is 0 Å². The lowest BCUT2D eigenvalue weighted by molar-refractivity contribution is 0.174. The van der Waals surface area contributed by atoms with Crippen molar-refractivity contribution in [2.75, 3.05) is 6.54 Å². The highest BCUT2D eigenvalue weighted by atomic mass is 16.3. The molecule has 4 heteroatoms. The van der Waals surface area contributed by atoms with E-state index in [1.54, 1.807) is 6.20 Å². The average Bonchev–Trinajstić information content (AvgIpc) is 2.82. The number of aliphatic hydroxyl groups is 1. The van der Waals surface area contributed by atoms with Crippen LogP contribution in [0, 0.1) is 5.92 Å². The summed E-state index contributed by atoms with van der Waals surface area (Å²) in [5, 5.41) is 13.7. The van der Waals surface area contributed by atoms with Gasteiger partial charge in [0.2, 0.25) is 0 Å². The summed E-state index contributed by atoms with van der Waals surface area (Å²) in [6, 6.07) is 1.83. The topological polar surface area (TPSA) is 64.1 Å². The molecular formula is C9H15N3O. The van der Waals surface area contributed by atoms with E-state index in [9.17, 15) is 5.11 Å². The molecule has 0 radical (unpaired) electrons. The molecule has 1 atom stereocenters. The van der Waals surface area contributed by atoms with Crippen LogP contribution in [0.2, 0.25) is 0 Å². The van der Waals surface area contributed by atoms with Gasteiger partial charge >= 0.3 is 0 Å². The van der Waals surface area contributed by atoms with Gasteiger partial charge in [0, 0.05) is 19.3 Å². The monoisotopic (exact) mass is 181 g/mol. The molecule has 1 unspecified atom stereocenters. The Kier molecular flexibility index (Phi) is 2.33. The number of aliphatic hydroxyl groups excluding tert-OH is 1. The van der Waals surface area contributed by atoms with Gasteiger partial charge in [-0.1, -0.05) is 0 Å². The van der Waals surface area contributed by atoms with Crippen LogP contribution in [0.25, 0.3) is 0 Å². The molecule has 0 amide bonds. The Morgan fingerprint density at radius 3 is 3.08 bits per heavy atom. The van der Waals surface area contributed by atoms with Crippen LogP contribution in [-0.2, 0) is 6.54 Å². The Balaban J connectivity index is 2.09. The first-order valence-electron chi connectivity index (χ1n) is 4.71. The third-order valence-electron chi connectivity index (χ3n) is 2.44. The maximum Gasteiger partial charge on any atom is 0.108 e. The van der Waals surface area contributed by atoms with Gasteiger partial charge in [-0.25, -0.2) is 0 Å². The molecule has 1 fully saturated rings. The third kappa shape index (κ3) is 1.89. The predicted molar refractivity (Wildman–Crippen MR) is 49.0 cm³/mol. The zero-order chi connectivity index (χ0) is 9.26. The average molecular weight is 181 g/mol. The van der Waals surface area contributed by atoms with E-state index < -0.39 is 6.10 Å². The molecular weight excluding hydrogens is 166 g/mol. The molecule has 1 aromatic heterocycles. The third-order valence-corrected chi connectivity index (χ3v) is 2.44. The Morgan fingerprint density at radius 2 is 2.46 bits per heavy atom. The van der Waals surface area contributed by atoms with Gasteiger partial charge in [0.15, 0.2) is 0 Å². The maximum atomic E-state index is 9.55. The highest BCUT2D eigenvalue weighted by Crippen LogP contribution is 2.31. The fourth-order valence-electron chi connectivity index (χ4n) is 1.44. The minimum absolute atomic E-state index is 0.260. The summed E-state index contributed by atoms with van der Waals surface area (Å²) in [5.41, 5.74) is 6.23. The molecule has 0 aromatic carbocycles. The van der Waals surface area contributed by atoms with Gasteiger partial charge in [0.05, 0.1) is 5.69 Å². The molecule has 1 heterocycles. The van der Waals surface area contributed by atoms with Gasteiger partial charge in [-0.15, -0.1) is 0 Å². The van der Waals surface area contributed by atoms with E-state index in [-0.39, 0.29) is 6.54 Å². The van der Waals surface area contributed by atoms with Gasteiger partial charge in [-0.05, 0) is 24.8 Å². The van der Waals surface area contributed by atoms with Gasteiger partial charge in [0.1, 0.15) is 6.10 Å². The van der Waals surface area contributed by atoms with Crippen molar-refractivity contribution in [3.63, 3.8) is 0 Å². The van der Waals surface area contributed by atoms with Crippen molar-refractivity contribution in [1.29, 1.82) is 0 Å². The number of hydrogen-bond acceptors (Lipinski definition) is 3. The van der Waals surface area contributed by atoms with Crippen LogP contribution in [0.3, 0.4) is 0 Å². The van der Waals surface area contributed by atoms with Crippen LogP contribution >= 0.6 is 0 Å². The first kappa shape index (κ1) is 8.72. The largest absolute Gasteiger partial charge is 0.385 e. The van der Waals surface area contributed by atoms with Crippen LogP contribution in [-0.4, -0.2) is 21.4 Å². The molecule has 72 valence electrons. The lowest BCUT2D eigenvalue weighted by Gasteiger charge is -2.10. The smallest absolute Gasteiger partial charge is 0.108 e. The number of hydrogen-bond donors (Lipinski definition) is 2. The van der Waals surface area contributed by atoms with E-state index in [1.807, 2.05) is 10.7 Å². The van der Waals surface area contributed by atoms with Gasteiger partial charge in [-0.3, -0.25) is 4.68 Å². The predicted octanol–water partition coefficient (Wildman–Crippen LogP) is 0.285. The highest BCUT2D eigenvalue weighted by molar-refractivity contribution is 5.05. The number of rotatable bonds is 4. The molecule has 0 saturated heterocycles. The van der Waals surface area contributed by atoms with E-state index >= 15 is 0 Å². The molecule has 1 aliphatic carbocycles. The molecule has 1 saturated carbocycles. The Morgan fingerprint density at radius 1 is 1.69 bits per heavy atom. The molecule has 1 aliphatic rings. The molecule has 3 N–H and O–H groups in total. The zero-order valence-electron chi connectivity index (χ0n) is 7.56. The van der Waals surface area contributed by atoms with Crippen molar-refractivity contribution in [2.24, 2.45) is 11.7 Å². The summed E-state index contributed by atoms with van der Waals surface area (Å²) in [7, 11) is 0. The van der Waals surface area contributed by atoms with Crippen LogP contribution in [0.1, 0.15) is 24.6 Å². The van der Waals surface area contributed by atoms with Gasteiger partial charge in [0.25, 0.3) is 0 Å². The maximum absolute atomic E-state index is 9.55. The lowest BCUT2D eigenvalue weighted by Crippen LogP contribution is -2.17. The SMILES string of the molecule is NCC(O)c1ccnn1CC1CC1. The van der Waals surface area contributed by atoms with Crippen molar-refractivity contribution in [2.45, 2.75) is 25.5 Å². The fraction of sp³-hybridized carbons (Fsp3) is 0.667. The van der Waals surface area contributed by atoms with Gasteiger partial charge in [-0.2, -0.15) is 5.10 Å². The zero-order valence-corrected chi connectivity index (χ0v) is 7.56. The summed E-state index contributed by atoms with van der Waals surface area (Å²) in [5.74, 6) is 0.767. The Bertz CT molecular complexity index is 280. The number of aromatic nitrogens is 2. The lowest BCUT2D eigenvalue weighted by atomic mass is 10.2. The minimum Gasteiger partial charge on any atom is -0.385 e. The van der Waals surface area contributed by atoms with Crippen molar-refractivity contribution in [1.82, 2.24) is 9.78 Å². The van der Waals surface area contributed by atoms with E-state index in [2.05, 4.69) is 5.10 Å². The first-order valence-corrected chi connectivity index (χ1v) is 4.71. The van der Waals surface area contributed by atoms with E-state index in [0.717, 1.165) is 18.2 Å². The summed E-state index contributed by atoms with van der Waals surface area (Å²) in [6.45, 7) is 1.19. The number of nitrogens with zero attached hydrogens (tertiary/aromatic N) is 2. The summed E-state index contributed by atoms with van der Waals surface area (Å²) in [4.78, 5) is 0. The Labute approximate surface area is 77.4 Å². The summed E-state index contributed by atoms with van der Waals surface area (Å²) < 4.78 is 1.87. The van der Waals surface area contributed by atoms with Crippen molar-refractivity contribution < 1.29 is 5.11 Å². The molecule has 0 bridgehead atoms. The van der Waals surface area contributed by atoms with E-state index in [1.165, 1.54) is 12.8 Å². The van der Waals surface area contributed by atoms with Crippen LogP contribution in [0.15, 0.2) is 12.3 Å². The second-order valence-corrected chi connectivity index (χ2v) is 3.63. The molecule has 1 aromatic rings. The Hall–Kier alpha value is -0.870. The summed E-state index contributed by atoms with van der Waals surface area (Å²) >= 11 is 0. The fourth-order valence-corrected chi connectivity index (χ4v) is 1.44. The van der Waals surface area contributed by atoms with Crippen molar-refractivity contribution in [3.05, 3.63) is 18.0 Å². The summed E-state index contributed by atoms with van der Waals surface area (Å²) in [6.07, 6.45) is 3.73. The van der Waals surface area contributed by atoms with Crippen molar-refractivity contribution in [3.8, 4) is 0 Å². The first-order chi connectivity index (χ1) is 6.31. The highest BCUT2D eigenvalue weighted by Gasteiger charge is 2.23. The molecule has 2 rings (SSSR count). The quantitative estimate of drug-likeness (QED) is 0.701. The normalized spacial score (nSPS) is 18.9. The standard InChI is InChI=1S/C9H15N3O/c10-5-9(13)8-3-4-11-12(8)6-7-1-2-7/h3-4,7,9,13H,1-2,5-6,10H2. The number of nitrogens with two attached hydrogens (primary N) is 1. The molecule has 0 aliphatic heterocycles. The second-order valence-electron chi connectivity index (χ2n) is 3.63. The van der Waals surface area contributed by atoms with Gasteiger partial charge < -0.3 is 10.8 Å². The minimum atomic E-state index is -0.568. The van der Waals surface area contributed by atoms with Crippen molar-refractivity contribution >= 4 is 0 Å². The van der Waals surface area contributed by atoms with E-state index in [0.29, 0.717) is 0 Å². The molecule has 4 nitrogen and oxygen atoms in total. The second kappa shape index (κ2) is 3.47. The van der Waals surface area contributed by atoms with Crippen LogP contribution in [0.4, 0.5) is 0 Å². The van der Waals surface area contributed by atoms with Crippen LogP contribution < -0.4 is 5.73 Å². The molecule has 13 heavy (non-hydrogen) atoms.